The number of thioether (sulfide) groups is 1. The van der Waals surface area contributed by atoms with Crippen LogP contribution in [-0.2, 0) is 4.79 Å². The number of aliphatic hydroxyl groups is 2. The monoisotopic (exact) mass is 280 g/mol. The number of carbonyl (C=O) groups excluding carboxylic acids is 1. The van der Waals surface area contributed by atoms with Crippen LogP contribution in [0.1, 0.15) is 25.0 Å². The maximum absolute atomic E-state index is 10.8. The number of nitrogens with one attached hydrogen (secondary N) is 1. The second-order valence-electron chi connectivity index (χ2n) is 4.33. The molecule has 102 valence electrons. The zero-order valence-corrected chi connectivity index (χ0v) is 11.4. The largest absolute Gasteiger partial charge is 0.390 e. The topological polar surface area (TPSA) is 86.2 Å². The summed E-state index contributed by atoms with van der Waals surface area (Å²) in [6.45, 7) is 1.48. The Hall–Kier alpha value is -1.37. The van der Waals surface area contributed by atoms with E-state index < -0.39 is 12.2 Å². The van der Waals surface area contributed by atoms with Crippen LogP contribution >= 0.6 is 11.8 Å². The smallest absolute Gasteiger partial charge is 0.185 e. The summed E-state index contributed by atoms with van der Waals surface area (Å²) in [5.74, 6) is 0.493. The molecular weight excluding hydrogens is 264 g/mol. The molecule has 2 unspecified atom stereocenters. The number of aliphatic hydroxyl groups excluding tert-OH is 2. The van der Waals surface area contributed by atoms with E-state index >= 15 is 0 Å². The van der Waals surface area contributed by atoms with Crippen LogP contribution in [0.2, 0.25) is 0 Å². The van der Waals surface area contributed by atoms with Gasteiger partial charge in [0.15, 0.2) is 5.12 Å². The van der Waals surface area contributed by atoms with Crippen LogP contribution in [0.25, 0.3) is 11.0 Å². The van der Waals surface area contributed by atoms with E-state index in [1.54, 1.807) is 18.5 Å². The van der Waals surface area contributed by atoms with Crippen molar-refractivity contribution in [3.05, 3.63) is 30.1 Å². The van der Waals surface area contributed by atoms with Crippen molar-refractivity contribution in [2.24, 2.45) is 0 Å². The molecule has 3 N–H and O–H groups in total. The van der Waals surface area contributed by atoms with Gasteiger partial charge < -0.3 is 15.2 Å². The summed E-state index contributed by atoms with van der Waals surface area (Å²) in [5.41, 5.74) is 1.32. The van der Waals surface area contributed by atoms with Crippen molar-refractivity contribution in [1.82, 2.24) is 9.97 Å². The summed E-state index contributed by atoms with van der Waals surface area (Å²) >= 11 is 1.15. The first-order valence-corrected chi connectivity index (χ1v) is 6.99. The highest BCUT2D eigenvalue weighted by Gasteiger charge is 2.19. The molecule has 19 heavy (non-hydrogen) atoms. The fraction of sp³-hybridized carbons (Fsp3) is 0.385. The van der Waals surface area contributed by atoms with Crippen molar-refractivity contribution in [3.8, 4) is 0 Å². The summed E-state index contributed by atoms with van der Waals surface area (Å²) < 4.78 is 0. The normalized spacial score (nSPS) is 14.5. The molecule has 0 spiro atoms. The van der Waals surface area contributed by atoms with Crippen molar-refractivity contribution >= 4 is 27.9 Å². The van der Waals surface area contributed by atoms with E-state index in [0.717, 1.165) is 22.8 Å². The van der Waals surface area contributed by atoms with Gasteiger partial charge in [-0.2, -0.15) is 0 Å². The summed E-state index contributed by atoms with van der Waals surface area (Å²) in [6.07, 6.45) is 1.79. The number of hydrogen-bond acceptors (Lipinski definition) is 5. The zero-order valence-electron chi connectivity index (χ0n) is 10.5. The summed E-state index contributed by atoms with van der Waals surface area (Å²) in [5, 5.41) is 20.9. The van der Waals surface area contributed by atoms with Crippen LogP contribution in [0.5, 0.6) is 0 Å². The first kappa shape index (κ1) is 14.0. The van der Waals surface area contributed by atoms with Gasteiger partial charge in [-0.1, -0.05) is 11.8 Å². The van der Waals surface area contributed by atoms with Gasteiger partial charge in [-0.3, -0.25) is 4.79 Å². The molecule has 5 nitrogen and oxygen atoms in total. The Balaban J connectivity index is 2.01. The Morgan fingerprint density at radius 1 is 1.53 bits per heavy atom. The van der Waals surface area contributed by atoms with E-state index in [0.29, 0.717) is 17.7 Å². The Morgan fingerprint density at radius 3 is 3.05 bits per heavy atom. The van der Waals surface area contributed by atoms with Crippen LogP contribution in [0.3, 0.4) is 0 Å². The molecule has 0 radical (unpaired) electrons. The molecule has 2 aromatic rings. The van der Waals surface area contributed by atoms with Crippen LogP contribution in [0.4, 0.5) is 0 Å². The lowest BCUT2D eigenvalue weighted by Gasteiger charge is -2.17. The summed E-state index contributed by atoms with van der Waals surface area (Å²) in [7, 11) is 0. The lowest BCUT2D eigenvalue weighted by atomic mass is 10.0. The molecule has 0 aliphatic carbocycles. The van der Waals surface area contributed by atoms with Crippen molar-refractivity contribution in [3.63, 3.8) is 0 Å². The number of pyridine rings is 1. The van der Waals surface area contributed by atoms with Crippen LogP contribution in [-0.4, -0.2) is 37.2 Å². The van der Waals surface area contributed by atoms with E-state index in [1.807, 2.05) is 6.07 Å². The SMILES string of the molecule is CC(=O)SCCC(O)C(O)c1cnc2[nH]ccc2c1. The number of hydrogen-bond donors (Lipinski definition) is 3. The average Bonchev–Trinajstić information content (AvgIpc) is 2.84. The molecule has 2 rings (SSSR count). The lowest BCUT2D eigenvalue weighted by molar-refractivity contribution is -0.109. The van der Waals surface area contributed by atoms with Crippen LogP contribution < -0.4 is 0 Å². The number of nitrogens with zero attached hydrogens (tertiary/aromatic N) is 1. The van der Waals surface area contributed by atoms with Crippen molar-refractivity contribution in [2.75, 3.05) is 5.75 Å². The Morgan fingerprint density at radius 2 is 2.32 bits per heavy atom. The minimum Gasteiger partial charge on any atom is -0.390 e. The third-order valence-electron chi connectivity index (χ3n) is 2.85. The minimum absolute atomic E-state index is 0.0112. The standard InChI is InChI=1S/C13H16N2O3S/c1-8(16)19-5-3-11(17)12(18)10-6-9-2-4-14-13(9)15-7-10/h2,4,6-7,11-12,17-18H,3,5H2,1H3,(H,14,15). The molecule has 6 heteroatoms. The predicted molar refractivity (Wildman–Crippen MR) is 74.8 cm³/mol. The Labute approximate surface area is 115 Å². The molecule has 2 aromatic heterocycles. The molecule has 0 aliphatic heterocycles. The van der Waals surface area contributed by atoms with Gasteiger partial charge in [-0.05, 0) is 18.6 Å². The predicted octanol–water partition coefficient (Wildman–Crippen LogP) is 1.63. The highest BCUT2D eigenvalue weighted by Crippen LogP contribution is 2.22. The van der Waals surface area contributed by atoms with Gasteiger partial charge in [0, 0.05) is 36.0 Å². The van der Waals surface area contributed by atoms with Crippen LogP contribution in [0, 0.1) is 0 Å². The number of H-pyrrole nitrogens is 1. The fourth-order valence-electron chi connectivity index (χ4n) is 1.82. The highest BCUT2D eigenvalue weighted by atomic mass is 32.2. The molecule has 0 saturated carbocycles. The fourth-order valence-corrected chi connectivity index (χ4v) is 2.47. The third kappa shape index (κ3) is 3.56. The lowest BCUT2D eigenvalue weighted by Crippen LogP contribution is -2.19. The second-order valence-corrected chi connectivity index (χ2v) is 5.60. The van der Waals surface area contributed by atoms with Gasteiger partial charge in [-0.15, -0.1) is 0 Å². The van der Waals surface area contributed by atoms with Gasteiger partial charge in [0.25, 0.3) is 0 Å². The molecule has 0 amide bonds. The number of aromatic nitrogens is 2. The highest BCUT2D eigenvalue weighted by molar-refractivity contribution is 8.13. The van der Waals surface area contributed by atoms with Crippen molar-refractivity contribution < 1.29 is 15.0 Å². The van der Waals surface area contributed by atoms with Gasteiger partial charge in [-0.25, -0.2) is 4.98 Å². The first-order chi connectivity index (χ1) is 9.08. The molecule has 2 heterocycles. The van der Waals surface area contributed by atoms with E-state index in [1.165, 1.54) is 6.92 Å². The van der Waals surface area contributed by atoms with E-state index in [9.17, 15) is 15.0 Å². The van der Waals surface area contributed by atoms with E-state index in [2.05, 4.69) is 9.97 Å². The third-order valence-corrected chi connectivity index (χ3v) is 3.69. The van der Waals surface area contributed by atoms with Gasteiger partial charge >= 0.3 is 0 Å². The van der Waals surface area contributed by atoms with Gasteiger partial charge in [0.1, 0.15) is 11.8 Å². The molecule has 2 atom stereocenters. The van der Waals surface area contributed by atoms with Gasteiger partial charge in [0.2, 0.25) is 0 Å². The van der Waals surface area contributed by atoms with Crippen molar-refractivity contribution in [2.45, 2.75) is 25.6 Å². The second kappa shape index (κ2) is 6.18. The number of rotatable bonds is 5. The van der Waals surface area contributed by atoms with Crippen LogP contribution in [0.15, 0.2) is 24.5 Å². The average molecular weight is 280 g/mol. The Bertz CT molecular complexity index is 570. The number of aromatic amines is 1. The Kier molecular flexibility index (Phi) is 4.57. The molecule has 0 bridgehead atoms. The van der Waals surface area contributed by atoms with Gasteiger partial charge in [0.05, 0.1) is 6.10 Å². The summed E-state index contributed by atoms with van der Waals surface area (Å²) in [4.78, 5) is 17.9. The quantitative estimate of drug-likeness (QED) is 0.775. The number of carbonyl (C=O) groups is 1. The minimum atomic E-state index is -0.987. The maximum Gasteiger partial charge on any atom is 0.185 e. The summed E-state index contributed by atoms with van der Waals surface area (Å²) in [6, 6.07) is 3.65. The van der Waals surface area contributed by atoms with E-state index in [4.69, 9.17) is 0 Å². The molecule has 0 aliphatic rings. The molecular formula is C13H16N2O3S. The van der Waals surface area contributed by atoms with Crippen molar-refractivity contribution in [1.29, 1.82) is 0 Å². The first-order valence-electron chi connectivity index (χ1n) is 6.00. The molecule has 0 saturated heterocycles. The maximum atomic E-state index is 10.8. The number of fused-ring (bicyclic) bond motifs is 1. The van der Waals surface area contributed by atoms with E-state index in [-0.39, 0.29) is 5.12 Å². The molecule has 0 aromatic carbocycles. The zero-order chi connectivity index (χ0) is 13.8. The molecule has 0 fully saturated rings.